The first-order valence-corrected chi connectivity index (χ1v) is 9.19. The number of aliphatic hydroxyl groups excluding tert-OH is 1. The van der Waals surface area contributed by atoms with Gasteiger partial charge in [0.25, 0.3) is 0 Å². The van der Waals surface area contributed by atoms with Gasteiger partial charge in [0.1, 0.15) is 5.75 Å². The first kappa shape index (κ1) is 19.3. The maximum absolute atomic E-state index is 12.2. The number of aliphatic hydroxyl groups is 1. The van der Waals surface area contributed by atoms with Gasteiger partial charge in [-0.1, -0.05) is 12.1 Å². The predicted octanol–water partition coefficient (Wildman–Crippen LogP) is 0.679. The standard InChI is InChI=1S/C20H26N4O3/c1-27-18-4-2-15(3-5-18)6-7-23-20(26)14-24-12-16(19(25)13-24)10-17-11-21-8-9-22-17/h2-5,8-9,11,16,19,25H,6-7,10,12-14H2,1H3,(H,23,26)/t16-,19-/m1/s1. The lowest BCUT2D eigenvalue weighted by molar-refractivity contribution is -0.122. The molecule has 2 N–H and O–H groups in total. The Kier molecular flexibility index (Phi) is 6.73. The zero-order valence-electron chi connectivity index (χ0n) is 15.5. The maximum Gasteiger partial charge on any atom is 0.234 e. The number of aromatic nitrogens is 2. The zero-order chi connectivity index (χ0) is 19.1. The van der Waals surface area contributed by atoms with Gasteiger partial charge in [-0.05, 0) is 30.5 Å². The highest BCUT2D eigenvalue weighted by molar-refractivity contribution is 5.78. The Morgan fingerprint density at radius 1 is 1.30 bits per heavy atom. The minimum Gasteiger partial charge on any atom is -0.497 e. The highest BCUT2D eigenvalue weighted by Gasteiger charge is 2.32. The molecule has 0 saturated carbocycles. The molecule has 1 amide bonds. The number of methoxy groups -OCH3 is 1. The molecule has 2 heterocycles. The molecule has 3 rings (SSSR count). The van der Waals surface area contributed by atoms with E-state index in [4.69, 9.17) is 4.74 Å². The highest BCUT2D eigenvalue weighted by atomic mass is 16.5. The van der Waals surface area contributed by atoms with E-state index in [1.807, 2.05) is 29.2 Å². The Morgan fingerprint density at radius 2 is 2.11 bits per heavy atom. The summed E-state index contributed by atoms with van der Waals surface area (Å²) < 4.78 is 5.14. The van der Waals surface area contributed by atoms with Crippen LogP contribution in [0.25, 0.3) is 0 Å². The number of carbonyl (C=O) groups excluding carboxylic acids is 1. The Hall–Kier alpha value is -2.51. The first-order chi connectivity index (χ1) is 13.1. The first-order valence-electron chi connectivity index (χ1n) is 9.19. The summed E-state index contributed by atoms with van der Waals surface area (Å²) in [6, 6.07) is 7.83. The van der Waals surface area contributed by atoms with Crippen LogP contribution in [-0.4, -0.2) is 65.3 Å². The van der Waals surface area contributed by atoms with Crippen molar-refractivity contribution < 1.29 is 14.6 Å². The number of nitrogens with one attached hydrogen (secondary N) is 1. The van der Waals surface area contributed by atoms with Crippen molar-refractivity contribution in [1.29, 1.82) is 0 Å². The Labute approximate surface area is 159 Å². The number of rotatable bonds is 8. The van der Waals surface area contributed by atoms with E-state index in [1.54, 1.807) is 25.7 Å². The average Bonchev–Trinajstić information content (AvgIpc) is 3.02. The predicted molar refractivity (Wildman–Crippen MR) is 101 cm³/mol. The van der Waals surface area contributed by atoms with Crippen LogP contribution >= 0.6 is 0 Å². The molecular weight excluding hydrogens is 344 g/mol. The van der Waals surface area contributed by atoms with Crippen molar-refractivity contribution in [3.05, 3.63) is 54.1 Å². The summed E-state index contributed by atoms with van der Waals surface area (Å²) in [5.41, 5.74) is 2.02. The lowest BCUT2D eigenvalue weighted by atomic mass is 10.0. The lowest BCUT2D eigenvalue weighted by Gasteiger charge is -2.15. The largest absolute Gasteiger partial charge is 0.497 e. The third-order valence-electron chi connectivity index (χ3n) is 4.83. The quantitative estimate of drug-likeness (QED) is 0.711. The van der Waals surface area contributed by atoms with Crippen LogP contribution < -0.4 is 10.1 Å². The van der Waals surface area contributed by atoms with Gasteiger partial charge in [-0.2, -0.15) is 0 Å². The summed E-state index contributed by atoms with van der Waals surface area (Å²) in [4.78, 5) is 22.5. The van der Waals surface area contributed by atoms with Crippen LogP contribution in [0.5, 0.6) is 5.75 Å². The fourth-order valence-electron chi connectivity index (χ4n) is 3.37. The molecule has 2 atom stereocenters. The third kappa shape index (κ3) is 5.74. The smallest absolute Gasteiger partial charge is 0.234 e. The van der Waals surface area contributed by atoms with Gasteiger partial charge >= 0.3 is 0 Å². The van der Waals surface area contributed by atoms with E-state index in [0.29, 0.717) is 32.6 Å². The van der Waals surface area contributed by atoms with E-state index in [9.17, 15) is 9.90 Å². The van der Waals surface area contributed by atoms with Gasteiger partial charge in [-0.25, -0.2) is 0 Å². The molecule has 1 saturated heterocycles. The van der Waals surface area contributed by atoms with Crippen LogP contribution in [0.3, 0.4) is 0 Å². The molecule has 0 bridgehead atoms. The maximum atomic E-state index is 12.2. The summed E-state index contributed by atoms with van der Waals surface area (Å²) in [5, 5.41) is 13.2. The number of likely N-dealkylation sites (tertiary alicyclic amines) is 1. The Bertz CT molecular complexity index is 724. The fraction of sp³-hybridized carbons (Fsp3) is 0.450. The average molecular weight is 370 g/mol. The van der Waals surface area contributed by atoms with Crippen molar-refractivity contribution in [2.45, 2.75) is 18.9 Å². The monoisotopic (exact) mass is 370 g/mol. The number of hydrogen-bond donors (Lipinski definition) is 2. The van der Waals surface area contributed by atoms with Crippen molar-refractivity contribution in [3.63, 3.8) is 0 Å². The number of nitrogens with zero attached hydrogens (tertiary/aromatic N) is 3. The van der Waals surface area contributed by atoms with Gasteiger partial charge in [0.05, 0.1) is 25.5 Å². The van der Waals surface area contributed by atoms with Gasteiger partial charge in [-0.15, -0.1) is 0 Å². The van der Waals surface area contributed by atoms with Crippen molar-refractivity contribution in [2.24, 2.45) is 5.92 Å². The van der Waals surface area contributed by atoms with E-state index < -0.39 is 6.10 Å². The number of carbonyl (C=O) groups is 1. The van der Waals surface area contributed by atoms with E-state index in [2.05, 4.69) is 15.3 Å². The van der Waals surface area contributed by atoms with Crippen LogP contribution in [0.15, 0.2) is 42.9 Å². The molecule has 1 aliphatic heterocycles. The molecule has 7 heteroatoms. The van der Waals surface area contributed by atoms with E-state index in [1.165, 1.54) is 0 Å². The lowest BCUT2D eigenvalue weighted by Crippen LogP contribution is -2.37. The molecular formula is C20H26N4O3. The third-order valence-corrected chi connectivity index (χ3v) is 4.83. The van der Waals surface area contributed by atoms with E-state index in [0.717, 1.165) is 23.4 Å². The minimum absolute atomic E-state index is 0.0177. The van der Waals surface area contributed by atoms with Gasteiger partial charge < -0.3 is 15.2 Å². The number of hydrogen-bond acceptors (Lipinski definition) is 6. The van der Waals surface area contributed by atoms with Gasteiger partial charge in [0, 0.05) is 44.1 Å². The highest BCUT2D eigenvalue weighted by Crippen LogP contribution is 2.20. The molecule has 0 aliphatic carbocycles. The second-order valence-electron chi connectivity index (χ2n) is 6.87. The van der Waals surface area contributed by atoms with Crippen LogP contribution in [0.2, 0.25) is 0 Å². The molecule has 1 aromatic carbocycles. The van der Waals surface area contributed by atoms with Crippen molar-refractivity contribution in [1.82, 2.24) is 20.2 Å². The van der Waals surface area contributed by atoms with Crippen molar-refractivity contribution in [2.75, 3.05) is 33.3 Å². The molecule has 0 radical (unpaired) electrons. The second-order valence-corrected chi connectivity index (χ2v) is 6.87. The minimum atomic E-state index is -0.445. The van der Waals surface area contributed by atoms with E-state index in [-0.39, 0.29) is 11.8 Å². The number of β-amino-alcohol motifs (C(OH)–C–C–N with tert-alkyl or cyclic N) is 1. The number of amides is 1. The van der Waals surface area contributed by atoms with Gasteiger partial charge in [0.2, 0.25) is 5.91 Å². The zero-order valence-corrected chi connectivity index (χ0v) is 15.5. The van der Waals surface area contributed by atoms with Gasteiger partial charge in [-0.3, -0.25) is 19.7 Å². The molecule has 7 nitrogen and oxygen atoms in total. The summed E-state index contributed by atoms with van der Waals surface area (Å²) in [5.74, 6) is 0.885. The molecule has 2 aromatic rings. The van der Waals surface area contributed by atoms with Crippen molar-refractivity contribution in [3.8, 4) is 5.75 Å². The number of ether oxygens (including phenoxy) is 1. The van der Waals surface area contributed by atoms with E-state index >= 15 is 0 Å². The Balaban J connectivity index is 1.39. The fourth-order valence-corrected chi connectivity index (χ4v) is 3.37. The SMILES string of the molecule is COc1ccc(CCNC(=O)CN2C[C@@H](Cc3cnccn3)[C@H](O)C2)cc1. The van der Waals surface area contributed by atoms with Crippen LogP contribution in [-0.2, 0) is 17.6 Å². The second kappa shape index (κ2) is 9.43. The molecule has 1 aromatic heterocycles. The summed E-state index contributed by atoms with van der Waals surface area (Å²) in [6.45, 7) is 2.09. The summed E-state index contributed by atoms with van der Waals surface area (Å²) in [7, 11) is 1.64. The van der Waals surface area contributed by atoms with Crippen LogP contribution in [0, 0.1) is 5.92 Å². The van der Waals surface area contributed by atoms with Crippen LogP contribution in [0.1, 0.15) is 11.3 Å². The van der Waals surface area contributed by atoms with Crippen molar-refractivity contribution >= 4 is 5.91 Å². The van der Waals surface area contributed by atoms with Crippen LogP contribution in [0.4, 0.5) is 0 Å². The number of benzene rings is 1. The van der Waals surface area contributed by atoms with Gasteiger partial charge in [0.15, 0.2) is 0 Å². The molecule has 0 spiro atoms. The Morgan fingerprint density at radius 3 is 2.81 bits per heavy atom. The molecule has 0 unspecified atom stereocenters. The normalized spacial score (nSPS) is 19.8. The molecule has 1 fully saturated rings. The summed E-state index contributed by atoms with van der Waals surface area (Å²) >= 11 is 0. The molecule has 27 heavy (non-hydrogen) atoms. The topological polar surface area (TPSA) is 87.6 Å². The molecule has 144 valence electrons. The molecule has 1 aliphatic rings. The summed E-state index contributed by atoms with van der Waals surface area (Å²) in [6.07, 6.45) is 6.01.